The molecule has 0 radical (unpaired) electrons. The van der Waals surface area contributed by atoms with Crippen molar-refractivity contribution in [1.29, 1.82) is 0 Å². The topological polar surface area (TPSA) is 61.4 Å². The number of hydrogen-bond donors (Lipinski definition) is 2. The van der Waals surface area contributed by atoms with Crippen LogP contribution in [0.2, 0.25) is 0 Å². The minimum atomic E-state index is -3.36. The molecule has 19 heavy (non-hydrogen) atoms. The van der Waals surface area contributed by atoms with Crippen LogP contribution in [-0.2, 0) is 16.6 Å². The standard InChI is InChI=1S/C12H19N3O2S2/c16-19(17,15-7-5-13-6-8-15)14-11-2-1-3-12-10(11)4-9-18-12/h4,9,11,13-14H,1-3,5-8H2. The van der Waals surface area contributed by atoms with Gasteiger partial charge in [0.2, 0.25) is 0 Å². The lowest BCUT2D eigenvalue weighted by Crippen LogP contribution is -2.51. The molecule has 2 heterocycles. The third-order valence-corrected chi connectivity index (χ3v) is 6.38. The molecule has 106 valence electrons. The Morgan fingerprint density at radius 3 is 2.95 bits per heavy atom. The highest BCUT2D eigenvalue weighted by molar-refractivity contribution is 7.87. The van der Waals surface area contributed by atoms with Gasteiger partial charge in [0.1, 0.15) is 0 Å². The van der Waals surface area contributed by atoms with Gasteiger partial charge in [-0.05, 0) is 36.3 Å². The zero-order valence-electron chi connectivity index (χ0n) is 10.8. The summed E-state index contributed by atoms with van der Waals surface area (Å²) in [7, 11) is -3.36. The van der Waals surface area contributed by atoms with Crippen molar-refractivity contribution in [1.82, 2.24) is 14.3 Å². The van der Waals surface area contributed by atoms with E-state index >= 15 is 0 Å². The summed E-state index contributed by atoms with van der Waals surface area (Å²) in [6.45, 7) is 2.57. The Bertz CT molecular complexity index is 535. The molecule has 2 aliphatic rings. The third-order valence-electron chi connectivity index (χ3n) is 3.76. The van der Waals surface area contributed by atoms with Gasteiger partial charge in [0, 0.05) is 37.1 Å². The van der Waals surface area contributed by atoms with E-state index in [-0.39, 0.29) is 6.04 Å². The molecular formula is C12H19N3O2S2. The summed E-state index contributed by atoms with van der Waals surface area (Å²) in [5.41, 5.74) is 1.18. The van der Waals surface area contributed by atoms with Gasteiger partial charge in [-0.15, -0.1) is 11.3 Å². The van der Waals surface area contributed by atoms with E-state index in [1.807, 2.05) is 0 Å². The van der Waals surface area contributed by atoms with Crippen molar-refractivity contribution < 1.29 is 8.42 Å². The molecule has 3 rings (SSSR count). The predicted molar refractivity (Wildman–Crippen MR) is 76.5 cm³/mol. The monoisotopic (exact) mass is 301 g/mol. The zero-order valence-corrected chi connectivity index (χ0v) is 12.4. The first-order valence-corrected chi connectivity index (χ1v) is 9.03. The van der Waals surface area contributed by atoms with Gasteiger partial charge in [-0.1, -0.05) is 0 Å². The maximum Gasteiger partial charge on any atom is 0.280 e. The van der Waals surface area contributed by atoms with E-state index in [1.54, 1.807) is 15.6 Å². The Morgan fingerprint density at radius 2 is 2.16 bits per heavy atom. The molecule has 1 unspecified atom stereocenters. The normalized spacial score (nSPS) is 25.2. The summed E-state index contributed by atoms with van der Waals surface area (Å²) in [6, 6.07) is 2.01. The van der Waals surface area contributed by atoms with Crippen LogP contribution in [0.1, 0.15) is 29.3 Å². The van der Waals surface area contributed by atoms with E-state index in [4.69, 9.17) is 0 Å². The Kier molecular flexibility index (Phi) is 3.91. The fourth-order valence-corrected chi connectivity index (χ4v) is 5.15. The molecule has 0 bridgehead atoms. The molecule has 0 aromatic carbocycles. The van der Waals surface area contributed by atoms with Gasteiger partial charge in [-0.3, -0.25) is 0 Å². The van der Waals surface area contributed by atoms with Crippen LogP contribution < -0.4 is 10.0 Å². The number of rotatable bonds is 3. The fraction of sp³-hybridized carbons (Fsp3) is 0.667. The number of hydrogen-bond acceptors (Lipinski definition) is 4. The maximum absolute atomic E-state index is 12.4. The lowest BCUT2D eigenvalue weighted by Gasteiger charge is -2.30. The molecule has 1 saturated heterocycles. The number of nitrogens with zero attached hydrogens (tertiary/aromatic N) is 1. The smallest absolute Gasteiger partial charge is 0.280 e. The molecule has 1 aliphatic carbocycles. The van der Waals surface area contributed by atoms with Crippen molar-refractivity contribution >= 4 is 21.5 Å². The number of thiophene rings is 1. The summed E-state index contributed by atoms with van der Waals surface area (Å²) in [5, 5.41) is 5.23. The molecule has 5 nitrogen and oxygen atoms in total. The summed E-state index contributed by atoms with van der Waals surface area (Å²) in [5.74, 6) is 0. The Balaban J connectivity index is 1.75. The molecular weight excluding hydrogens is 282 g/mol. The molecule has 1 atom stereocenters. The Morgan fingerprint density at radius 1 is 1.37 bits per heavy atom. The lowest BCUT2D eigenvalue weighted by atomic mass is 9.95. The van der Waals surface area contributed by atoms with Crippen molar-refractivity contribution in [3.8, 4) is 0 Å². The highest BCUT2D eigenvalue weighted by Crippen LogP contribution is 2.33. The van der Waals surface area contributed by atoms with Crippen molar-refractivity contribution in [3.05, 3.63) is 21.9 Å². The van der Waals surface area contributed by atoms with Gasteiger partial charge in [0.25, 0.3) is 10.2 Å². The van der Waals surface area contributed by atoms with Crippen molar-refractivity contribution in [2.75, 3.05) is 26.2 Å². The van der Waals surface area contributed by atoms with E-state index in [9.17, 15) is 8.42 Å². The molecule has 1 aliphatic heterocycles. The first-order valence-electron chi connectivity index (χ1n) is 6.71. The molecule has 7 heteroatoms. The minimum absolute atomic E-state index is 0.0464. The Labute approximate surface area is 118 Å². The van der Waals surface area contributed by atoms with Gasteiger partial charge in [0.15, 0.2) is 0 Å². The number of piperazine rings is 1. The highest BCUT2D eigenvalue weighted by atomic mass is 32.2. The summed E-state index contributed by atoms with van der Waals surface area (Å²) < 4.78 is 29.2. The second kappa shape index (κ2) is 5.49. The van der Waals surface area contributed by atoms with Crippen LogP contribution in [0, 0.1) is 0 Å². The quantitative estimate of drug-likeness (QED) is 0.871. The van der Waals surface area contributed by atoms with Gasteiger partial charge in [-0.25, -0.2) is 0 Å². The van der Waals surface area contributed by atoms with E-state index in [2.05, 4.69) is 21.5 Å². The van der Waals surface area contributed by atoms with Crippen LogP contribution >= 0.6 is 11.3 Å². The number of nitrogens with one attached hydrogen (secondary N) is 2. The van der Waals surface area contributed by atoms with E-state index in [0.29, 0.717) is 13.1 Å². The van der Waals surface area contributed by atoms with E-state index in [0.717, 1.165) is 32.4 Å². The SMILES string of the molecule is O=S(=O)(NC1CCCc2sccc21)N1CCNCC1. The van der Waals surface area contributed by atoms with Crippen LogP contribution in [-0.4, -0.2) is 38.9 Å². The second-order valence-electron chi connectivity index (χ2n) is 5.02. The first kappa shape index (κ1) is 13.5. The Hall–Kier alpha value is -0.470. The van der Waals surface area contributed by atoms with E-state index < -0.39 is 10.2 Å². The number of aryl methyl sites for hydroxylation is 1. The zero-order chi connectivity index (χ0) is 13.3. The molecule has 2 N–H and O–H groups in total. The van der Waals surface area contributed by atoms with Crippen LogP contribution in [0.15, 0.2) is 11.4 Å². The summed E-state index contributed by atoms with van der Waals surface area (Å²) in [6.07, 6.45) is 3.04. The average molecular weight is 301 g/mol. The molecule has 0 spiro atoms. The molecule has 1 fully saturated rings. The number of fused-ring (bicyclic) bond motifs is 1. The molecule has 1 aromatic heterocycles. The van der Waals surface area contributed by atoms with Crippen molar-refractivity contribution in [2.45, 2.75) is 25.3 Å². The summed E-state index contributed by atoms with van der Waals surface area (Å²) >= 11 is 1.73. The van der Waals surface area contributed by atoms with Gasteiger partial charge in [-0.2, -0.15) is 17.4 Å². The minimum Gasteiger partial charge on any atom is -0.314 e. The van der Waals surface area contributed by atoms with Crippen molar-refractivity contribution in [2.24, 2.45) is 0 Å². The fourth-order valence-electron chi connectivity index (χ4n) is 2.75. The average Bonchev–Trinajstić information content (AvgIpc) is 2.89. The van der Waals surface area contributed by atoms with Gasteiger partial charge in [0.05, 0.1) is 0 Å². The lowest BCUT2D eigenvalue weighted by molar-refractivity contribution is 0.349. The van der Waals surface area contributed by atoms with Gasteiger partial charge < -0.3 is 5.32 Å². The van der Waals surface area contributed by atoms with Crippen LogP contribution in [0.25, 0.3) is 0 Å². The molecule has 1 aromatic rings. The van der Waals surface area contributed by atoms with Crippen LogP contribution in [0.4, 0.5) is 0 Å². The second-order valence-corrected chi connectivity index (χ2v) is 7.72. The maximum atomic E-state index is 12.4. The first-order chi connectivity index (χ1) is 9.17. The largest absolute Gasteiger partial charge is 0.314 e. The van der Waals surface area contributed by atoms with E-state index in [1.165, 1.54) is 10.4 Å². The van der Waals surface area contributed by atoms with Gasteiger partial charge >= 0.3 is 0 Å². The predicted octanol–water partition coefficient (Wildman–Crippen LogP) is 0.865. The van der Waals surface area contributed by atoms with Crippen LogP contribution in [0.3, 0.4) is 0 Å². The molecule has 0 amide bonds. The molecule has 0 saturated carbocycles. The van der Waals surface area contributed by atoms with Crippen molar-refractivity contribution in [3.63, 3.8) is 0 Å². The summed E-state index contributed by atoms with van der Waals surface area (Å²) in [4.78, 5) is 1.33. The van der Waals surface area contributed by atoms with Crippen LogP contribution in [0.5, 0.6) is 0 Å². The highest BCUT2D eigenvalue weighted by Gasteiger charge is 2.29. The third kappa shape index (κ3) is 2.85.